The van der Waals surface area contributed by atoms with E-state index < -0.39 is 0 Å². The predicted molar refractivity (Wildman–Crippen MR) is 61.1 cm³/mol. The lowest BCUT2D eigenvalue weighted by Crippen LogP contribution is -2.28. The molecule has 1 aromatic carbocycles. The van der Waals surface area contributed by atoms with E-state index in [1.54, 1.807) is 6.07 Å². The van der Waals surface area contributed by atoms with Crippen LogP contribution >= 0.6 is 0 Å². The monoisotopic (exact) mass is 221 g/mol. The zero-order valence-corrected chi connectivity index (χ0v) is 9.41. The van der Waals surface area contributed by atoms with Crippen LogP contribution in [0.1, 0.15) is 18.1 Å². The second-order valence-corrected chi connectivity index (χ2v) is 3.62. The number of nitriles is 1. The third-order valence-electron chi connectivity index (χ3n) is 2.39. The van der Waals surface area contributed by atoms with Crippen molar-refractivity contribution in [1.29, 1.82) is 5.26 Å². The highest BCUT2D eigenvalue weighted by Gasteiger charge is 2.05. The smallest absolute Gasteiger partial charge is 0.124 e. The summed E-state index contributed by atoms with van der Waals surface area (Å²) in [4.78, 5) is 2.11. The van der Waals surface area contributed by atoms with E-state index in [0.717, 1.165) is 18.7 Å². The molecule has 0 saturated heterocycles. The van der Waals surface area contributed by atoms with E-state index >= 15 is 0 Å². The molecule has 0 saturated carbocycles. The molecule has 0 fully saturated rings. The Morgan fingerprint density at radius 3 is 2.75 bits per heavy atom. The molecule has 0 spiro atoms. The molecule has 0 radical (unpaired) electrons. The maximum atomic E-state index is 13.2. The average Bonchev–Trinajstić information content (AvgIpc) is 2.27. The fraction of sp³-hybridized carbons (Fsp3) is 0.417. The number of hydrogen-bond donors (Lipinski definition) is 1. The molecule has 16 heavy (non-hydrogen) atoms. The van der Waals surface area contributed by atoms with E-state index in [0.29, 0.717) is 18.7 Å². The molecule has 0 unspecified atom stereocenters. The van der Waals surface area contributed by atoms with Crippen LogP contribution in [0.2, 0.25) is 0 Å². The fourth-order valence-corrected chi connectivity index (χ4v) is 1.60. The Balaban J connectivity index is 2.80. The molecule has 1 rings (SSSR count). The van der Waals surface area contributed by atoms with Crippen molar-refractivity contribution in [3.8, 4) is 6.07 Å². The Morgan fingerprint density at radius 2 is 2.19 bits per heavy atom. The summed E-state index contributed by atoms with van der Waals surface area (Å²) >= 11 is 0. The highest BCUT2D eigenvalue weighted by Crippen LogP contribution is 2.10. The molecule has 0 aliphatic rings. The molecule has 2 N–H and O–H groups in total. The van der Waals surface area contributed by atoms with Crippen LogP contribution in [0.5, 0.6) is 0 Å². The number of benzene rings is 1. The second-order valence-electron chi connectivity index (χ2n) is 3.62. The van der Waals surface area contributed by atoms with Gasteiger partial charge in [0, 0.05) is 19.6 Å². The van der Waals surface area contributed by atoms with Gasteiger partial charge in [-0.05, 0) is 30.3 Å². The van der Waals surface area contributed by atoms with Crippen molar-refractivity contribution in [2.45, 2.75) is 13.5 Å². The van der Waals surface area contributed by atoms with Gasteiger partial charge in [0.1, 0.15) is 5.82 Å². The molecule has 0 heterocycles. The first-order valence-corrected chi connectivity index (χ1v) is 5.31. The van der Waals surface area contributed by atoms with E-state index in [-0.39, 0.29) is 5.82 Å². The van der Waals surface area contributed by atoms with Crippen molar-refractivity contribution in [1.82, 2.24) is 4.90 Å². The summed E-state index contributed by atoms with van der Waals surface area (Å²) in [6, 6.07) is 6.36. The number of hydrogen-bond acceptors (Lipinski definition) is 3. The number of halogens is 1. The van der Waals surface area contributed by atoms with E-state index in [1.807, 2.05) is 13.0 Å². The Morgan fingerprint density at radius 1 is 1.44 bits per heavy atom. The molecular formula is C12H16FN3. The lowest BCUT2D eigenvalue weighted by Gasteiger charge is -2.19. The van der Waals surface area contributed by atoms with Gasteiger partial charge in [-0.2, -0.15) is 5.26 Å². The number of nitrogens with zero attached hydrogens (tertiary/aromatic N) is 2. The number of rotatable bonds is 5. The van der Waals surface area contributed by atoms with E-state index in [2.05, 4.69) is 4.90 Å². The molecule has 86 valence electrons. The number of likely N-dealkylation sites (N-methyl/N-ethyl adjacent to an activating group) is 1. The second kappa shape index (κ2) is 6.21. The normalized spacial score (nSPS) is 10.4. The van der Waals surface area contributed by atoms with Crippen LogP contribution in [0.3, 0.4) is 0 Å². The first-order chi connectivity index (χ1) is 7.69. The van der Waals surface area contributed by atoms with Crippen molar-refractivity contribution in [2.24, 2.45) is 5.73 Å². The van der Waals surface area contributed by atoms with Crippen molar-refractivity contribution in [3.05, 3.63) is 35.1 Å². The van der Waals surface area contributed by atoms with Gasteiger partial charge in [0.05, 0.1) is 11.6 Å². The minimum Gasteiger partial charge on any atom is -0.329 e. The molecule has 0 aliphatic carbocycles. The average molecular weight is 221 g/mol. The van der Waals surface area contributed by atoms with Gasteiger partial charge in [-0.1, -0.05) is 6.92 Å². The Labute approximate surface area is 95.3 Å². The largest absolute Gasteiger partial charge is 0.329 e. The predicted octanol–water partition coefficient (Wildman–Crippen LogP) is 1.48. The zero-order valence-electron chi connectivity index (χ0n) is 9.41. The van der Waals surface area contributed by atoms with Crippen molar-refractivity contribution >= 4 is 0 Å². The van der Waals surface area contributed by atoms with Crippen LogP contribution in [-0.2, 0) is 6.54 Å². The van der Waals surface area contributed by atoms with Gasteiger partial charge in [0.15, 0.2) is 0 Å². The van der Waals surface area contributed by atoms with Crippen molar-refractivity contribution in [2.75, 3.05) is 19.6 Å². The minimum absolute atomic E-state index is 0.360. The SMILES string of the molecule is CCN(CCN)Cc1cc(F)cc(C#N)c1. The molecule has 0 aliphatic heterocycles. The molecule has 1 aromatic rings. The van der Waals surface area contributed by atoms with Crippen LogP contribution in [0.15, 0.2) is 18.2 Å². The van der Waals surface area contributed by atoms with Gasteiger partial charge in [0.25, 0.3) is 0 Å². The summed E-state index contributed by atoms with van der Waals surface area (Å²) in [6.45, 7) is 4.86. The van der Waals surface area contributed by atoms with Gasteiger partial charge in [-0.25, -0.2) is 4.39 Å². The number of nitrogens with two attached hydrogens (primary N) is 1. The maximum Gasteiger partial charge on any atom is 0.124 e. The minimum atomic E-state index is -0.363. The maximum absolute atomic E-state index is 13.2. The third kappa shape index (κ3) is 3.61. The van der Waals surface area contributed by atoms with Crippen molar-refractivity contribution < 1.29 is 4.39 Å². The zero-order chi connectivity index (χ0) is 12.0. The third-order valence-corrected chi connectivity index (χ3v) is 2.39. The van der Waals surface area contributed by atoms with Crippen LogP contribution in [0.4, 0.5) is 4.39 Å². The standard InChI is InChI=1S/C12H16FN3/c1-2-16(4-3-14)9-11-5-10(8-15)6-12(13)7-11/h5-7H,2-4,9,14H2,1H3. The van der Waals surface area contributed by atoms with Gasteiger partial charge in [-0.3, -0.25) is 4.90 Å². The van der Waals surface area contributed by atoms with Crippen LogP contribution in [0, 0.1) is 17.1 Å². The van der Waals surface area contributed by atoms with E-state index in [1.165, 1.54) is 12.1 Å². The molecule has 0 bridgehead atoms. The summed E-state index contributed by atoms with van der Waals surface area (Å²) in [6.07, 6.45) is 0. The highest BCUT2D eigenvalue weighted by atomic mass is 19.1. The summed E-state index contributed by atoms with van der Waals surface area (Å²) in [5.74, 6) is -0.363. The molecule has 3 nitrogen and oxygen atoms in total. The van der Waals surface area contributed by atoms with Gasteiger partial charge < -0.3 is 5.73 Å². The molecule has 0 atom stereocenters. The summed E-state index contributed by atoms with van der Waals surface area (Å²) < 4.78 is 13.2. The summed E-state index contributed by atoms with van der Waals surface area (Å²) in [5.41, 5.74) is 6.65. The van der Waals surface area contributed by atoms with E-state index in [4.69, 9.17) is 11.0 Å². The topological polar surface area (TPSA) is 53.0 Å². The van der Waals surface area contributed by atoms with Gasteiger partial charge in [0.2, 0.25) is 0 Å². The van der Waals surface area contributed by atoms with Gasteiger partial charge in [-0.15, -0.1) is 0 Å². The quantitative estimate of drug-likeness (QED) is 0.819. The molecule has 0 aromatic heterocycles. The fourth-order valence-electron chi connectivity index (χ4n) is 1.60. The molecule has 4 heteroatoms. The molecule has 0 amide bonds. The first kappa shape index (κ1) is 12.6. The Kier molecular flexibility index (Phi) is 4.90. The Bertz CT molecular complexity index is 384. The summed E-state index contributed by atoms with van der Waals surface area (Å²) in [5, 5.41) is 8.73. The van der Waals surface area contributed by atoms with Gasteiger partial charge >= 0.3 is 0 Å². The van der Waals surface area contributed by atoms with Crippen molar-refractivity contribution in [3.63, 3.8) is 0 Å². The highest BCUT2D eigenvalue weighted by molar-refractivity contribution is 5.33. The lowest BCUT2D eigenvalue weighted by atomic mass is 10.1. The van der Waals surface area contributed by atoms with Crippen LogP contribution in [0.25, 0.3) is 0 Å². The summed E-state index contributed by atoms with van der Waals surface area (Å²) in [7, 11) is 0. The van der Waals surface area contributed by atoms with Crippen LogP contribution in [-0.4, -0.2) is 24.5 Å². The van der Waals surface area contributed by atoms with Crippen LogP contribution < -0.4 is 5.73 Å². The lowest BCUT2D eigenvalue weighted by molar-refractivity contribution is 0.288. The Hall–Kier alpha value is -1.44. The molecular weight excluding hydrogens is 205 g/mol. The first-order valence-electron chi connectivity index (χ1n) is 5.31. The van der Waals surface area contributed by atoms with E-state index in [9.17, 15) is 4.39 Å².